The van der Waals surface area contributed by atoms with Gasteiger partial charge >= 0.3 is 0 Å². The van der Waals surface area contributed by atoms with E-state index in [1.807, 2.05) is 0 Å². The van der Waals surface area contributed by atoms with Crippen molar-refractivity contribution in [2.24, 2.45) is 5.14 Å². The molecule has 12 heteroatoms. The number of carbonyl (C=O) groups is 1. The summed E-state index contributed by atoms with van der Waals surface area (Å²) < 4.78 is 64.2. The lowest BCUT2D eigenvalue weighted by Crippen LogP contribution is -2.40. The maximum atomic E-state index is 14.2. The van der Waals surface area contributed by atoms with Crippen molar-refractivity contribution >= 4 is 37.6 Å². The molecule has 0 saturated carbocycles. The first-order chi connectivity index (χ1) is 16.0. The molecule has 180 valence electrons. The van der Waals surface area contributed by atoms with Crippen molar-refractivity contribution in [3.63, 3.8) is 0 Å². The lowest BCUT2D eigenvalue weighted by atomic mass is 10.2. The van der Waals surface area contributed by atoms with E-state index < -0.39 is 38.3 Å². The highest BCUT2D eigenvalue weighted by molar-refractivity contribution is 7.89. The molecule has 0 aliphatic rings. The second-order valence-electron chi connectivity index (χ2n) is 7.28. The van der Waals surface area contributed by atoms with Gasteiger partial charge in [-0.1, -0.05) is 41.9 Å². The van der Waals surface area contributed by atoms with Crippen LogP contribution in [0.5, 0.6) is 0 Å². The molecule has 8 nitrogen and oxygen atoms in total. The van der Waals surface area contributed by atoms with Crippen LogP contribution in [0.2, 0.25) is 5.02 Å². The fraction of sp³-hybridized carbons (Fsp3) is 0.136. The number of nitrogens with two attached hydrogens (primary N) is 1. The molecule has 0 heterocycles. The largest absolute Gasteiger partial charge is 0.351 e. The van der Waals surface area contributed by atoms with Gasteiger partial charge in [-0.15, -0.1) is 0 Å². The minimum atomic E-state index is -4.17. The summed E-state index contributed by atoms with van der Waals surface area (Å²) in [6, 6.07) is 16.6. The maximum Gasteiger partial charge on any atom is 0.243 e. The summed E-state index contributed by atoms with van der Waals surface area (Å²) in [5.41, 5.74) is 0.674. The van der Waals surface area contributed by atoms with Crippen molar-refractivity contribution in [2.75, 3.05) is 6.54 Å². The van der Waals surface area contributed by atoms with Crippen LogP contribution in [0.15, 0.2) is 82.6 Å². The number of carbonyl (C=O) groups excluding carboxylic acids is 1. The Morgan fingerprint density at radius 1 is 0.912 bits per heavy atom. The number of primary sulfonamides is 1. The zero-order valence-corrected chi connectivity index (χ0v) is 20.1. The van der Waals surface area contributed by atoms with Gasteiger partial charge < -0.3 is 5.32 Å². The van der Waals surface area contributed by atoms with E-state index in [-0.39, 0.29) is 28.4 Å². The highest BCUT2D eigenvalue weighted by Gasteiger charge is 2.27. The topological polar surface area (TPSA) is 127 Å². The molecule has 1 amide bonds. The van der Waals surface area contributed by atoms with Crippen LogP contribution in [0.4, 0.5) is 4.39 Å². The summed E-state index contributed by atoms with van der Waals surface area (Å²) in [4.78, 5) is 12.4. The van der Waals surface area contributed by atoms with Gasteiger partial charge in [-0.2, -0.15) is 4.31 Å². The summed E-state index contributed by atoms with van der Waals surface area (Å²) in [5, 5.41) is 7.98. The summed E-state index contributed by atoms with van der Waals surface area (Å²) in [6.07, 6.45) is 0. The third-order valence-electron chi connectivity index (χ3n) is 4.82. The number of rotatable bonds is 9. The first-order valence-electron chi connectivity index (χ1n) is 9.84. The van der Waals surface area contributed by atoms with Gasteiger partial charge in [0.1, 0.15) is 5.82 Å². The molecule has 0 aromatic heterocycles. The zero-order valence-electron chi connectivity index (χ0n) is 17.7. The van der Waals surface area contributed by atoms with E-state index in [0.717, 1.165) is 4.31 Å². The van der Waals surface area contributed by atoms with Crippen LogP contribution < -0.4 is 10.5 Å². The van der Waals surface area contributed by atoms with Gasteiger partial charge in [0.05, 0.1) is 16.3 Å². The van der Waals surface area contributed by atoms with Gasteiger partial charge in [0, 0.05) is 23.7 Å². The molecule has 3 aromatic carbocycles. The summed E-state index contributed by atoms with van der Waals surface area (Å²) in [5.74, 6) is -1.24. The lowest BCUT2D eigenvalue weighted by Gasteiger charge is -2.22. The van der Waals surface area contributed by atoms with E-state index in [1.165, 1.54) is 66.7 Å². The maximum absolute atomic E-state index is 14.2. The van der Waals surface area contributed by atoms with Crippen LogP contribution in [-0.4, -0.2) is 33.6 Å². The number of sulfonamides is 2. The van der Waals surface area contributed by atoms with E-state index >= 15 is 0 Å². The zero-order chi connectivity index (χ0) is 24.9. The van der Waals surface area contributed by atoms with Crippen molar-refractivity contribution < 1.29 is 26.0 Å². The average Bonchev–Trinajstić information content (AvgIpc) is 2.78. The van der Waals surface area contributed by atoms with Gasteiger partial charge in [0.15, 0.2) is 0 Å². The quantitative estimate of drug-likeness (QED) is 0.444. The summed E-state index contributed by atoms with van der Waals surface area (Å²) in [6.45, 7) is -0.930. The predicted molar refractivity (Wildman–Crippen MR) is 125 cm³/mol. The van der Waals surface area contributed by atoms with E-state index in [4.69, 9.17) is 16.7 Å². The number of nitrogens with one attached hydrogen (secondary N) is 1. The number of hydrogen-bond donors (Lipinski definition) is 2. The molecule has 0 spiro atoms. The molecule has 0 fully saturated rings. The first kappa shape index (κ1) is 25.8. The third-order valence-corrected chi connectivity index (χ3v) is 7.80. The molecule has 0 saturated heterocycles. The minimum Gasteiger partial charge on any atom is -0.351 e. The Bertz CT molecular complexity index is 1380. The molecule has 3 rings (SSSR count). The van der Waals surface area contributed by atoms with Crippen LogP contribution in [-0.2, 0) is 37.9 Å². The molecule has 0 bridgehead atoms. The van der Waals surface area contributed by atoms with Crippen molar-refractivity contribution in [2.45, 2.75) is 22.9 Å². The van der Waals surface area contributed by atoms with Crippen LogP contribution >= 0.6 is 11.6 Å². The van der Waals surface area contributed by atoms with Crippen molar-refractivity contribution in [1.82, 2.24) is 9.62 Å². The van der Waals surface area contributed by atoms with Gasteiger partial charge in [0.25, 0.3) is 0 Å². The normalized spacial score (nSPS) is 12.0. The molecule has 34 heavy (non-hydrogen) atoms. The Kier molecular flexibility index (Phi) is 8.05. The molecule has 0 aliphatic heterocycles. The number of benzene rings is 3. The average molecular weight is 526 g/mol. The van der Waals surface area contributed by atoms with Crippen LogP contribution in [0.25, 0.3) is 0 Å². The smallest absolute Gasteiger partial charge is 0.243 e. The monoisotopic (exact) mass is 525 g/mol. The van der Waals surface area contributed by atoms with Gasteiger partial charge in [-0.25, -0.2) is 26.4 Å². The molecule has 3 N–H and O–H groups in total. The lowest BCUT2D eigenvalue weighted by molar-refractivity contribution is -0.121. The highest BCUT2D eigenvalue weighted by Crippen LogP contribution is 2.21. The summed E-state index contributed by atoms with van der Waals surface area (Å²) >= 11 is 5.85. The van der Waals surface area contributed by atoms with Gasteiger partial charge in [-0.3, -0.25) is 4.79 Å². The Labute approximate surface area is 202 Å². The predicted octanol–water partition coefficient (Wildman–Crippen LogP) is 2.63. The van der Waals surface area contributed by atoms with Crippen molar-refractivity contribution in [3.8, 4) is 0 Å². The van der Waals surface area contributed by atoms with E-state index in [2.05, 4.69) is 5.32 Å². The summed E-state index contributed by atoms with van der Waals surface area (Å²) in [7, 11) is -8.01. The van der Waals surface area contributed by atoms with Crippen molar-refractivity contribution in [1.29, 1.82) is 0 Å². The molecule has 0 unspecified atom stereocenters. The van der Waals surface area contributed by atoms with Crippen LogP contribution in [0.1, 0.15) is 11.1 Å². The highest BCUT2D eigenvalue weighted by atomic mass is 35.5. The van der Waals surface area contributed by atoms with E-state index in [9.17, 15) is 26.0 Å². The molecular weight excluding hydrogens is 505 g/mol. The Morgan fingerprint density at radius 2 is 1.50 bits per heavy atom. The first-order valence-corrected chi connectivity index (χ1v) is 13.2. The molecule has 0 radical (unpaired) electrons. The van der Waals surface area contributed by atoms with Gasteiger partial charge in [-0.05, 0) is 48.0 Å². The molecular formula is C22H21ClFN3O5S2. The van der Waals surface area contributed by atoms with E-state index in [1.54, 1.807) is 6.07 Å². The fourth-order valence-corrected chi connectivity index (χ4v) is 5.03. The second kappa shape index (κ2) is 10.6. The standard InChI is InChI=1S/C22H21ClFN3O5S2/c23-18-7-11-20(12-8-18)34(31,32)27(14-17-3-1-2-4-21(17)24)15-22(28)26-13-16-5-9-19(10-6-16)33(25,29)30/h1-12H,13-15H2,(H,26,28)(H2,25,29,30). The molecule has 3 aromatic rings. The van der Waals surface area contributed by atoms with Crippen LogP contribution in [0, 0.1) is 5.82 Å². The third kappa shape index (κ3) is 6.61. The number of nitrogens with zero attached hydrogens (tertiary/aromatic N) is 1. The SMILES string of the molecule is NS(=O)(=O)c1ccc(CNC(=O)CN(Cc2ccccc2F)S(=O)(=O)c2ccc(Cl)cc2)cc1. The Morgan fingerprint density at radius 3 is 2.09 bits per heavy atom. The Hall–Kier alpha value is -2.83. The van der Waals surface area contributed by atoms with Gasteiger partial charge in [0.2, 0.25) is 26.0 Å². The number of amides is 1. The number of hydrogen-bond acceptors (Lipinski definition) is 5. The fourth-order valence-electron chi connectivity index (χ4n) is 3.01. The van der Waals surface area contributed by atoms with Crippen LogP contribution in [0.3, 0.4) is 0 Å². The number of halogens is 2. The minimum absolute atomic E-state index is 0.0122. The molecule has 0 aliphatic carbocycles. The Balaban J connectivity index is 1.78. The van der Waals surface area contributed by atoms with Crippen molar-refractivity contribution in [3.05, 3.63) is 94.8 Å². The molecule has 0 atom stereocenters. The van der Waals surface area contributed by atoms with E-state index in [0.29, 0.717) is 10.6 Å². The second-order valence-corrected chi connectivity index (χ2v) is 11.2.